The minimum absolute atomic E-state index is 0.157. The maximum absolute atomic E-state index is 13.6. The highest BCUT2D eigenvalue weighted by Crippen LogP contribution is 2.42. The van der Waals surface area contributed by atoms with E-state index >= 15 is 0 Å². The zero-order valence-electron chi connectivity index (χ0n) is 23.4. The monoisotopic (exact) mass is 634 g/mol. The molecule has 11 heteroatoms. The molecule has 1 unspecified atom stereocenters. The summed E-state index contributed by atoms with van der Waals surface area (Å²) in [4.78, 5) is 13.6. The third-order valence-electron chi connectivity index (χ3n) is 7.27. The molecule has 5 rings (SSSR count). The highest BCUT2D eigenvalue weighted by atomic mass is 35.5. The summed E-state index contributed by atoms with van der Waals surface area (Å²) in [6.45, 7) is 3.52. The van der Waals surface area contributed by atoms with Crippen molar-refractivity contribution in [1.29, 1.82) is 0 Å². The molecule has 1 aliphatic heterocycles. The van der Waals surface area contributed by atoms with Crippen molar-refractivity contribution in [3.05, 3.63) is 93.0 Å². The molecule has 0 aromatic heterocycles. The van der Waals surface area contributed by atoms with Gasteiger partial charge in [0.05, 0.1) is 16.1 Å². The number of hydrogen-bond donors (Lipinski definition) is 2. The number of nitrogens with one attached hydrogen (secondary N) is 2. The van der Waals surface area contributed by atoms with Gasteiger partial charge in [0, 0.05) is 12.1 Å². The molecule has 6 nitrogen and oxygen atoms in total. The average Bonchev–Trinajstić information content (AvgIpc) is 3.80. The molecule has 0 spiro atoms. The van der Waals surface area contributed by atoms with E-state index < -0.39 is 12.4 Å². The standard InChI is InChI=1S/C32H31Cl2F3N2O4/c1-19-15-27(33)30(28(34)16-19)42-14-13-41-23-9-7-20(8-10-23)25-11-12-38-18-26(25)31(40)39-29(21-5-6-21)22-3-2-4-24(17-22)43-32(35,36)37/h2-4,7-10,15-17,21,29,38H,5-6,11-14,18H2,1H3,(H,39,40). The Labute approximate surface area is 258 Å². The van der Waals surface area contributed by atoms with Crippen LogP contribution in [0, 0.1) is 12.8 Å². The Morgan fingerprint density at radius 2 is 1.70 bits per heavy atom. The van der Waals surface area contributed by atoms with Gasteiger partial charge < -0.3 is 24.8 Å². The number of carbonyl (C=O) groups excluding carboxylic acids is 1. The first-order chi connectivity index (χ1) is 20.6. The van der Waals surface area contributed by atoms with Gasteiger partial charge in [-0.15, -0.1) is 13.2 Å². The molecule has 2 N–H and O–H groups in total. The number of halogens is 5. The lowest BCUT2D eigenvalue weighted by Gasteiger charge is -2.25. The van der Waals surface area contributed by atoms with Gasteiger partial charge in [-0.05, 0) is 97.3 Å². The van der Waals surface area contributed by atoms with Crippen molar-refractivity contribution in [2.75, 3.05) is 26.3 Å². The number of hydrogen-bond acceptors (Lipinski definition) is 5. The van der Waals surface area contributed by atoms with Crippen LogP contribution in [-0.4, -0.2) is 38.6 Å². The Bertz CT molecular complexity index is 1470. The molecule has 1 amide bonds. The van der Waals surface area contributed by atoms with Crippen LogP contribution in [0.15, 0.2) is 66.2 Å². The number of aryl methyl sites for hydroxylation is 1. The molecule has 0 saturated heterocycles. The first kappa shape index (κ1) is 31.0. The lowest BCUT2D eigenvalue weighted by atomic mass is 9.93. The topological polar surface area (TPSA) is 68.8 Å². The van der Waals surface area contributed by atoms with Gasteiger partial charge in [-0.2, -0.15) is 0 Å². The van der Waals surface area contributed by atoms with Gasteiger partial charge in [0.1, 0.15) is 24.7 Å². The van der Waals surface area contributed by atoms with Gasteiger partial charge in [-0.3, -0.25) is 4.79 Å². The normalized spacial score (nSPS) is 16.0. The van der Waals surface area contributed by atoms with E-state index in [1.807, 2.05) is 31.2 Å². The molecule has 1 fully saturated rings. The van der Waals surface area contributed by atoms with Gasteiger partial charge >= 0.3 is 6.36 Å². The maximum Gasteiger partial charge on any atom is 0.573 e. The minimum Gasteiger partial charge on any atom is -0.490 e. The van der Waals surface area contributed by atoms with Crippen molar-refractivity contribution in [3.8, 4) is 17.2 Å². The number of amides is 1. The molecule has 3 aromatic rings. The lowest BCUT2D eigenvalue weighted by Crippen LogP contribution is -2.37. The van der Waals surface area contributed by atoms with Crippen LogP contribution in [0.25, 0.3) is 5.57 Å². The predicted molar refractivity (Wildman–Crippen MR) is 160 cm³/mol. The van der Waals surface area contributed by atoms with Crippen molar-refractivity contribution in [1.82, 2.24) is 10.6 Å². The Kier molecular flexibility index (Phi) is 9.74. The van der Waals surface area contributed by atoms with Crippen LogP contribution in [0.4, 0.5) is 13.2 Å². The Balaban J connectivity index is 1.24. The van der Waals surface area contributed by atoms with Crippen LogP contribution in [0.5, 0.6) is 17.2 Å². The Hall–Kier alpha value is -3.40. The summed E-state index contributed by atoms with van der Waals surface area (Å²) in [6, 6.07) is 16.5. The van der Waals surface area contributed by atoms with Gasteiger partial charge in [-0.1, -0.05) is 47.5 Å². The van der Waals surface area contributed by atoms with Gasteiger partial charge in [0.2, 0.25) is 5.91 Å². The number of ether oxygens (including phenoxy) is 3. The maximum atomic E-state index is 13.6. The number of alkyl halides is 3. The largest absolute Gasteiger partial charge is 0.573 e. The second-order valence-corrected chi connectivity index (χ2v) is 11.4. The highest BCUT2D eigenvalue weighted by molar-refractivity contribution is 6.37. The molecule has 1 heterocycles. The summed E-state index contributed by atoms with van der Waals surface area (Å²) in [5, 5.41) is 7.23. The van der Waals surface area contributed by atoms with E-state index in [1.54, 1.807) is 18.2 Å². The molecule has 3 aromatic carbocycles. The van der Waals surface area contributed by atoms with E-state index in [9.17, 15) is 18.0 Å². The van der Waals surface area contributed by atoms with E-state index in [4.69, 9.17) is 32.7 Å². The van der Waals surface area contributed by atoms with E-state index in [0.717, 1.165) is 29.5 Å². The second kappa shape index (κ2) is 13.5. The first-order valence-corrected chi connectivity index (χ1v) is 14.7. The lowest BCUT2D eigenvalue weighted by molar-refractivity contribution is -0.274. The number of carbonyl (C=O) groups is 1. The van der Waals surface area contributed by atoms with Crippen LogP contribution in [0.3, 0.4) is 0 Å². The molecular formula is C32H31Cl2F3N2O4. The van der Waals surface area contributed by atoms with Crippen molar-refractivity contribution in [2.24, 2.45) is 5.92 Å². The summed E-state index contributed by atoms with van der Waals surface area (Å²) in [5.41, 5.74) is 3.95. The zero-order valence-corrected chi connectivity index (χ0v) is 24.9. The summed E-state index contributed by atoms with van der Waals surface area (Å²) < 4.78 is 54.0. The molecular weight excluding hydrogens is 604 g/mol. The number of benzene rings is 3. The van der Waals surface area contributed by atoms with E-state index in [-0.39, 0.29) is 30.8 Å². The van der Waals surface area contributed by atoms with Crippen LogP contribution >= 0.6 is 23.2 Å². The smallest absolute Gasteiger partial charge is 0.490 e. The quantitative estimate of drug-likeness (QED) is 0.212. The first-order valence-electron chi connectivity index (χ1n) is 14.0. The highest BCUT2D eigenvalue weighted by Gasteiger charge is 2.36. The second-order valence-electron chi connectivity index (χ2n) is 10.6. The summed E-state index contributed by atoms with van der Waals surface area (Å²) >= 11 is 12.5. The molecule has 0 radical (unpaired) electrons. The number of rotatable bonds is 11. The molecule has 1 saturated carbocycles. The fraction of sp³-hybridized carbons (Fsp3) is 0.344. The molecule has 43 heavy (non-hydrogen) atoms. The van der Waals surface area contributed by atoms with Crippen molar-refractivity contribution >= 4 is 34.7 Å². The molecule has 2 aliphatic rings. The fourth-order valence-corrected chi connectivity index (χ4v) is 5.84. The van der Waals surface area contributed by atoms with Crippen molar-refractivity contribution in [3.63, 3.8) is 0 Å². The van der Waals surface area contributed by atoms with Gasteiger partial charge in [-0.25, -0.2) is 0 Å². The average molecular weight is 636 g/mol. The zero-order chi connectivity index (χ0) is 30.6. The Morgan fingerprint density at radius 1 is 1.00 bits per heavy atom. The van der Waals surface area contributed by atoms with Crippen LogP contribution in [0.1, 0.15) is 42.0 Å². The molecule has 0 bridgehead atoms. The van der Waals surface area contributed by atoms with E-state index in [0.29, 0.717) is 52.2 Å². The molecule has 1 aliphatic carbocycles. The van der Waals surface area contributed by atoms with Gasteiger partial charge in [0.15, 0.2) is 5.75 Å². The summed E-state index contributed by atoms with van der Waals surface area (Å²) in [6.07, 6.45) is -2.37. The van der Waals surface area contributed by atoms with Crippen molar-refractivity contribution in [2.45, 2.75) is 38.6 Å². The fourth-order valence-electron chi connectivity index (χ4n) is 5.14. The molecule has 1 atom stereocenters. The Morgan fingerprint density at radius 3 is 2.37 bits per heavy atom. The third kappa shape index (κ3) is 8.37. The van der Waals surface area contributed by atoms with Crippen LogP contribution in [-0.2, 0) is 4.79 Å². The summed E-state index contributed by atoms with van der Waals surface area (Å²) in [5.74, 6) is 0.670. The van der Waals surface area contributed by atoms with E-state index in [1.165, 1.54) is 18.2 Å². The summed E-state index contributed by atoms with van der Waals surface area (Å²) in [7, 11) is 0. The van der Waals surface area contributed by atoms with Crippen LogP contribution in [0.2, 0.25) is 10.0 Å². The van der Waals surface area contributed by atoms with Crippen molar-refractivity contribution < 1.29 is 32.2 Å². The molecule has 228 valence electrons. The van der Waals surface area contributed by atoms with Crippen LogP contribution < -0.4 is 24.8 Å². The van der Waals surface area contributed by atoms with E-state index in [2.05, 4.69) is 15.4 Å². The minimum atomic E-state index is -4.79. The van der Waals surface area contributed by atoms with Gasteiger partial charge in [0.25, 0.3) is 0 Å². The third-order valence-corrected chi connectivity index (χ3v) is 7.83. The predicted octanol–water partition coefficient (Wildman–Crippen LogP) is 7.67. The SMILES string of the molecule is Cc1cc(Cl)c(OCCOc2ccc(C3=C(C(=O)NC(c4cccc(OC(F)(F)F)c4)C4CC4)CNCC3)cc2)c(Cl)c1.